The molecule has 1 aromatic rings. The molecule has 0 spiro atoms. The number of methoxy groups -OCH3 is 1. The maximum atomic E-state index is 12.9. The normalized spacial score (nSPS) is 12.4. The Kier molecular flexibility index (Phi) is 6.73. The highest BCUT2D eigenvalue weighted by Gasteiger charge is 2.34. The van der Waals surface area contributed by atoms with Crippen LogP contribution in [0.25, 0.3) is 0 Å². The summed E-state index contributed by atoms with van der Waals surface area (Å²) >= 11 is 5.60. The van der Waals surface area contributed by atoms with E-state index in [1.165, 1.54) is 12.1 Å². The van der Waals surface area contributed by atoms with Crippen molar-refractivity contribution in [1.82, 2.24) is 5.43 Å². The molecule has 21 heavy (non-hydrogen) atoms. The van der Waals surface area contributed by atoms with Gasteiger partial charge in [-0.05, 0) is 24.6 Å². The van der Waals surface area contributed by atoms with Gasteiger partial charge in [-0.3, -0.25) is 10.4 Å². The lowest BCUT2D eigenvalue weighted by molar-refractivity contribution is -0.136. The van der Waals surface area contributed by atoms with Crippen LogP contribution in [0.3, 0.4) is 0 Å². The van der Waals surface area contributed by atoms with Crippen LogP contribution in [0.15, 0.2) is 23.2 Å². The van der Waals surface area contributed by atoms with Crippen LogP contribution >= 0.6 is 11.6 Å². The molecule has 0 radical (unpaired) electrons. The zero-order valence-electron chi connectivity index (χ0n) is 11.3. The molecule has 0 atom stereocenters. The van der Waals surface area contributed by atoms with Gasteiger partial charge >= 0.3 is 6.18 Å². The first-order valence-corrected chi connectivity index (χ1v) is 6.40. The number of benzene rings is 1. The van der Waals surface area contributed by atoms with E-state index in [1.807, 2.05) is 0 Å². The molecular formula is C12H16ClF3N4O. The molecule has 118 valence electrons. The van der Waals surface area contributed by atoms with Crippen molar-refractivity contribution in [2.45, 2.75) is 12.6 Å². The second-order valence-electron chi connectivity index (χ2n) is 4.03. The molecule has 4 N–H and O–H groups in total. The highest BCUT2D eigenvalue weighted by molar-refractivity contribution is 6.30. The van der Waals surface area contributed by atoms with Crippen molar-refractivity contribution >= 4 is 23.2 Å². The number of halogens is 4. The predicted molar refractivity (Wildman–Crippen MR) is 76.2 cm³/mol. The molecule has 0 heterocycles. The molecule has 0 aliphatic heterocycles. The first-order chi connectivity index (χ1) is 9.88. The van der Waals surface area contributed by atoms with Crippen molar-refractivity contribution in [2.75, 3.05) is 25.6 Å². The number of alkyl halides is 3. The van der Waals surface area contributed by atoms with E-state index in [-0.39, 0.29) is 16.7 Å². The third kappa shape index (κ3) is 5.78. The molecular weight excluding hydrogens is 309 g/mol. The van der Waals surface area contributed by atoms with Crippen LogP contribution in [0.5, 0.6) is 0 Å². The lowest BCUT2D eigenvalue weighted by Crippen LogP contribution is -2.37. The van der Waals surface area contributed by atoms with Gasteiger partial charge in [0.25, 0.3) is 0 Å². The fourth-order valence-electron chi connectivity index (χ4n) is 1.51. The molecule has 9 heteroatoms. The zero-order valence-corrected chi connectivity index (χ0v) is 12.1. The monoisotopic (exact) mass is 324 g/mol. The van der Waals surface area contributed by atoms with Crippen molar-refractivity contribution in [2.24, 2.45) is 10.8 Å². The second kappa shape index (κ2) is 8.06. The largest absolute Gasteiger partial charge is 0.418 e. The van der Waals surface area contributed by atoms with Gasteiger partial charge in [0.2, 0.25) is 5.96 Å². The van der Waals surface area contributed by atoms with E-state index < -0.39 is 11.7 Å². The standard InChI is InChI=1S/C12H16ClF3N4O/c1-21-6-2-5-18-11(20-17)19-10-4-3-8(13)7-9(10)12(14,15)16/h3-4,7H,2,5-6,17H2,1H3,(H2,18,19,20). The van der Waals surface area contributed by atoms with E-state index in [4.69, 9.17) is 22.2 Å². The van der Waals surface area contributed by atoms with Gasteiger partial charge < -0.3 is 10.1 Å². The first kappa shape index (κ1) is 17.5. The molecule has 0 amide bonds. The van der Waals surface area contributed by atoms with Gasteiger partial charge in [0.15, 0.2) is 0 Å². The average Bonchev–Trinajstić information content (AvgIpc) is 2.42. The Balaban J connectivity index is 2.90. The van der Waals surface area contributed by atoms with E-state index >= 15 is 0 Å². The van der Waals surface area contributed by atoms with E-state index in [0.29, 0.717) is 19.6 Å². The van der Waals surface area contributed by atoms with Crippen molar-refractivity contribution in [3.8, 4) is 0 Å². The minimum atomic E-state index is -4.54. The topological polar surface area (TPSA) is 71.7 Å². The van der Waals surface area contributed by atoms with Crippen LogP contribution in [0, 0.1) is 0 Å². The van der Waals surface area contributed by atoms with Crippen molar-refractivity contribution in [3.63, 3.8) is 0 Å². The minimum absolute atomic E-state index is 0.00725. The van der Waals surface area contributed by atoms with Gasteiger partial charge in [0.1, 0.15) is 0 Å². The van der Waals surface area contributed by atoms with Crippen molar-refractivity contribution < 1.29 is 17.9 Å². The van der Waals surface area contributed by atoms with E-state index in [9.17, 15) is 13.2 Å². The first-order valence-electron chi connectivity index (χ1n) is 6.02. The smallest absolute Gasteiger partial charge is 0.385 e. The lowest BCUT2D eigenvalue weighted by Gasteiger charge is -2.15. The van der Waals surface area contributed by atoms with E-state index in [0.717, 1.165) is 6.07 Å². The Hall–Kier alpha value is -1.51. The van der Waals surface area contributed by atoms with Crippen LogP contribution in [0.4, 0.5) is 18.9 Å². The number of hydrazine groups is 1. The number of anilines is 1. The fourth-order valence-corrected chi connectivity index (χ4v) is 1.68. The van der Waals surface area contributed by atoms with Gasteiger partial charge in [-0.25, -0.2) is 5.84 Å². The minimum Gasteiger partial charge on any atom is -0.385 e. The zero-order chi connectivity index (χ0) is 15.9. The quantitative estimate of drug-likeness (QED) is 0.256. The van der Waals surface area contributed by atoms with Gasteiger partial charge in [0, 0.05) is 25.3 Å². The summed E-state index contributed by atoms with van der Waals surface area (Å²) in [5.74, 6) is 5.27. The van der Waals surface area contributed by atoms with Gasteiger partial charge in [-0.1, -0.05) is 11.6 Å². The van der Waals surface area contributed by atoms with E-state index in [1.54, 1.807) is 7.11 Å². The summed E-state index contributed by atoms with van der Waals surface area (Å²) < 4.78 is 43.6. The van der Waals surface area contributed by atoms with Crippen LogP contribution in [0.1, 0.15) is 12.0 Å². The molecule has 0 unspecified atom stereocenters. The maximum Gasteiger partial charge on any atom is 0.418 e. The van der Waals surface area contributed by atoms with Crippen molar-refractivity contribution in [1.29, 1.82) is 0 Å². The number of hydrogen-bond acceptors (Lipinski definition) is 3. The second-order valence-corrected chi connectivity index (χ2v) is 4.47. The number of nitrogens with two attached hydrogens (primary N) is 1. The Morgan fingerprint density at radius 3 is 2.71 bits per heavy atom. The molecule has 1 aromatic carbocycles. The molecule has 0 saturated carbocycles. The summed E-state index contributed by atoms with van der Waals surface area (Å²) in [5, 5.41) is 2.50. The number of guanidine groups is 1. The SMILES string of the molecule is COCCCN=C(NN)Nc1ccc(Cl)cc1C(F)(F)F. The summed E-state index contributed by atoms with van der Waals surface area (Å²) in [6.07, 6.45) is -3.92. The fraction of sp³-hybridized carbons (Fsp3) is 0.417. The number of aliphatic imine (C=N–C) groups is 1. The predicted octanol–water partition coefficient (Wildman–Crippen LogP) is 2.63. The Bertz CT molecular complexity index is 494. The number of nitrogens with zero attached hydrogens (tertiary/aromatic N) is 1. The summed E-state index contributed by atoms with van der Waals surface area (Å²) in [5.41, 5.74) is 1.14. The highest BCUT2D eigenvalue weighted by Crippen LogP contribution is 2.36. The van der Waals surface area contributed by atoms with Crippen LogP contribution in [-0.2, 0) is 10.9 Å². The molecule has 0 bridgehead atoms. The molecule has 5 nitrogen and oxygen atoms in total. The van der Waals surface area contributed by atoms with Gasteiger partial charge in [0.05, 0.1) is 11.3 Å². The van der Waals surface area contributed by atoms with Crippen LogP contribution in [-0.4, -0.2) is 26.2 Å². The van der Waals surface area contributed by atoms with E-state index in [2.05, 4.69) is 15.7 Å². The molecule has 0 fully saturated rings. The Morgan fingerprint density at radius 2 is 2.14 bits per heavy atom. The average molecular weight is 325 g/mol. The molecule has 0 saturated heterocycles. The number of ether oxygens (including phenoxy) is 1. The lowest BCUT2D eigenvalue weighted by atomic mass is 10.1. The summed E-state index contributed by atoms with van der Waals surface area (Å²) in [6.45, 7) is 0.853. The molecule has 0 aliphatic carbocycles. The van der Waals surface area contributed by atoms with Crippen LogP contribution in [0.2, 0.25) is 5.02 Å². The van der Waals surface area contributed by atoms with Crippen molar-refractivity contribution in [3.05, 3.63) is 28.8 Å². The summed E-state index contributed by atoms with van der Waals surface area (Å²) in [6, 6.07) is 3.40. The highest BCUT2D eigenvalue weighted by atomic mass is 35.5. The third-order valence-corrected chi connectivity index (χ3v) is 2.69. The Labute approximate surface area is 125 Å². The van der Waals surface area contributed by atoms with Gasteiger partial charge in [-0.15, -0.1) is 0 Å². The van der Waals surface area contributed by atoms with Gasteiger partial charge in [-0.2, -0.15) is 13.2 Å². The molecule has 0 aliphatic rings. The summed E-state index contributed by atoms with van der Waals surface area (Å²) in [4.78, 5) is 4.01. The van der Waals surface area contributed by atoms with Crippen LogP contribution < -0.4 is 16.6 Å². The Morgan fingerprint density at radius 1 is 1.43 bits per heavy atom. The molecule has 1 rings (SSSR count). The maximum absolute atomic E-state index is 12.9. The third-order valence-electron chi connectivity index (χ3n) is 2.45. The number of nitrogens with one attached hydrogen (secondary N) is 2. The summed E-state index contributed by atoms with van der Waals surface area (Å²) in [7, 11) is 1.55. The molecule has 0 aromatic heterocycles. The number of rotatable bonds is 5. The number of hydrogen-bond donors (Lipinski definition) is 3.